The van der Waals surface area contributed by atoms with Crippen LogP contribution in [0.1, 0.15) is 30.6 Å². The number of nitrogens with zero attached hydrogens (tertiary/aromatic N) is 1. The summed E-state index contributed by atoms with van der Waals surface area (Å²) in [5, 5.41) is 19.4. The van der Waals surface area contributed by atoms with Gasteiger partial charge in [0.15, 0.2) is 0 Å². The number of rotatable bonds is 5. The zero-order valence-corrected chi connectivity index (χ0v) is 12.6. The van der Waals surface area contributed by atoms with Crippen molar-refractivity contribution in [1.29, 1.82) is 0 Å². The van der Waals surface area contributed by atoms with Crippen molar-refractivity contribution in [2.45, 2.75) is 38.6 Å². The molecule has 0 aromatic heterocycles. The number of morpholine rings is 1. The summed E-state index contributed by atoms with van der Waals surface area (Å²) in [5.74, 6) is -0.285. The smallest absolute Gasteiger partial charge is 0.126 e. The van der Waals surface area contributed by atoms with E-state index in [0.29, 0.717) is 30.6 Å². The molecule has 1 aromatic rings. The highest BCUT2D eigenvalue weighted by Crippen LogP contribution is 2.21. The van der Waals surface area contributed by atoms with Crippen LogP contribution >= 0.6 is 0 Å². The van der Waals surface area contributed by atoms with Crippen molar-refractivity contribution in [3.05, 3.63) is 35.1 Å². The Morgan fingerprint density at radius 1 is 1.43 bits per heavy atom. The van der Waals surface area contributed by atoms with E-state index in [1.54, 1.807) is 19.1 Å². The zero-order chi connectivity index (χ0) is 15.4. The fraction of sp³-hybridized carbons (Fsp3) is 0.625. The summed E-state index contributed by atoms with van der Waals surface area (Å²) in [7, 11) is 0. The highest BCUT2D eigenvalue weighted by Gasteiger charge is 2.25. The lowest BCUT2D eigenvalue weighted by atomic mass is 10.0. The van der Waals surface area contributed by atoms with Gasteiger partial charge in [-0.05, 0) is 37.5 Å². The fourth-order valence-corrected chi connectivity index (χ4v) is 2.71. The van der Waals surface area contributed by atoms with Gasteiger partial charge in [0.05, 0.1) is 24.9 Å². The second-order valence-corrected chi connectivity index (χ2v) is 5.82. The normalized spacial score (nSPS) is 25.0. The highest BCUT2D eigenvalue weighted by molar-refractivity contribution is 5.24. The Labute approximate surface area is 125 Å². The summed E-state index contributed by atoms with van der Waals surface area (Å²) in [4.78, 5) is 2.17. The molecule has 2 N–H and O–H groups in total. The summed E-state index contributed by atoms with van der Waals surface area (Å²) in [6.45, 7) is 5.82. The molecule has 5 heteroatoms. The van der Waals surface area contributed by atoms with E-state index in [0.717, 1.165) is 6.54 Å². The molecule has 1 heterocycles. The van der Waals surface area contributed by atoms with Crippen LogP contribution in [0.4, 0.5) is 4.39 Å². The minimum absolute atomic E-state index is 0.00651. The van der Waals surface area contributed by atoms with Crippen molar-refractivity contribution in [2.24, 2.45) is 0 Å². The quantitative estimate of drug-likeness (QED) is 0.867. The van der Waals surface area contributed by atoms with E-state index in [4.69, 9.17) is 4.74 Å². The van der Waals surface area contributed by atoms with Crippen molar-refractivity contribution in [2.75, 3.05) is 26.2 Å². The van der Waals surface area contributed by atoms with Gasteiger partial charge in [-0.25, -0.2) is 4.39 Å². The van der Waals surface area contributed by atoms with E-state index in [2.05, 4.69) is 4.90 Å². The van der Waals surface area contributed by atoms with E-state index in [1.165, 1.54) is 6.07 Å². The number of aliphatic hydroxyl groups is 2. The minimum atomic E-state index is -0.675. The van der Waals surface area contributed by atoms with Gasteiger partial charge in [-0.15, -0.1) is 0 Å². The third kappa shape index (κ3) is 4.48. The van der Waals surface area contributed by atoms with Crippen LogP contribution in [-0.4, -0.2) is 53.6 Å². The highest BCUT2D eigenvalue weighted by atomic mass is 19.1. The van der Waals surface area contributed by atoms with E-state index >= 15 is 0 Å². The maximum Gasteiger partial charge on any atom is 0.126 e. The van der Waals surface area contributed by atoms with Crippen molar-refractivity contribution >= 4 is 0 Å². The molecule has 118 valence electrons. The summed E-state index contributed by atoms with van der Waals surface area (Å²) < 4.78 is 19.1. The molecule has 0 aliphatic carbocycles. The van der Waals surface area contributed by atoms with Crippen molar-refractivity contribution in [1.82, 2.24) is 4.90 Å². The maximum absolute atomic E-state index is 13.5. The van der Waals surface area contributed by atoms with Crippen LogP contribution in [0.2, 0.25) is 0 Å². The molecule has 21 heavy (non-hydrogen) atoms. The number of aliphatic hydroxyl groups excluding tert-OH is 2. The van der Waals surface area contributed by atoms with Crippen LogP contribution in [0, 0.1) is 12.7 Å². The summed E-state index contributed by atoms with van der Waals surface area (Å²) in [5.41, 5.74) is 1.19. The SMILES string of the molecule is Cc1ccc(C(O)CCN2CC(C)OC(CO)C2)cc1F. The van der Waals surface area contributed by atoms with E-state index in [9.17, 15) is 14.6 Å². The van der Waals surface area contributed by atoms with Gasteiger partial charge in [-0.1, -0.05) is 12.1 Å². The van der Waals surface area contributed by atoms with Crippen LogP contribution in [0.25, 0.3) is 0 Å². The molecule has 3 unspecified atom stereocenters. The number of benzene rings is 1. The Bertz CT molecular complexity index is 469. The first-order valence-electron chi connectivity index (χ1n) is 7.42. The Morgan fingerprint density at radius 2 is 2.19 bits per heavy atom. The lowest BCUT2D eigenvalue weighted by Gasteiger charge is -2.36. The largest absolute Gasteiger partial charge is 0.394 e. The molecule has 0 amide bonds. The third-order valence-corrected chi connectivity index (χ3v) is 3.90. The molecule has 4 nitrogen and oxygen atoms in total. The average Bonchev–Trinajstić information content (AvgIpc) is 2.47. The molecule has 0 bridgehead atoms. The van der Waals surface area contributed by atoms with Gasteiger partial charge < -0.3 is 14.9 Å². The molecule has 1 aliphatic rings. The molecule has 0 radical (unpaired) electrons. The fourth-order valence-electron chi connectivity index (χ4n) is 2.71. The number of ether oxygens (including phenoxy) is 1. The Balaban J connectivity index is 1.88. The Kier molecular flexibility index (Phi) is 5.70. The van der Waals surface area contributed by atoms with Crippen LogP contribution in [0.5, 0.6) is 0 Å². The Hall–Kier alpha value is -1.01. The summed E-state index contributed by atoms with van der Waals surface area (Å²) in [6.07, 6.45) is -0.230. The van der Waals surface area contributed by atoms with Gasteiger partial charge in [0.1, 0.15) is 5.82 Å². The minimum Gasteiger partial charge on any atom is -0.394 e. The Morgan fingerprint density at radius 3 is 2.86 bits per heavy atom. The number of hydrogen-bond acceptors (Lipinski definition) is 4. The number of halogens is 1. The van der Waals surface area contributed by atoms with E-state index in [1.807, 2.05) is 6.92 Å². The van der Waals surface area contributed by atoms with Crippen molar-refractivity contribution in [3.8, 4) is 0 Å². The first-order chi connectivity index (χ1) is 9.99. The van der Waals surface area contributed by atoms with Gasteiger partial charge in [0.25, 0.3) is 0 Å². The molecule has 0 saturated carbocycles. The monoisotopic (exact) mass is 297 g/mol. The molecule has 1 aromatic carbocycles. The van der Waals surface area contributed by atoms with Crippen LogP contribution < -0.4 is 0 Å². The molecule has 2 rings (SSSR count). The number of hydrogen-bond donors (Lipinski definition) is 2. The number of aryl methyl sites for hydroxylation is 1. The standard InChI is InChI=1S/C16H24FNO3/c1-11-3-4-13(7-15(11)17)16(20)5-6-18-8-12(2)21-14(9-18)10-19/h3-4,7,12,14,16,19-20H,5-6,8-10H2,1-2H3. The van der Waals surface area contributed by atoms with Gasteiger partial charge in [0, 0.05) is 19.6 Å². The maximum atomic E-state index is 13.5. The lowest BCUT2D eigenvalue weighted by Crippen LogP contribution is -2.48. The van der Waals surface area contributed by atoms with Crippen molar-refractivity contribution in [3.63, 3.8) is 0 Å². The van der Waals surface area contributed by atoms with Gasteiger partial charge in [-0.3, -0.25) is 4.90 Å². The van der Waals surface area contributed by atoms with Crippen molar-refractivity contribution < 1.29 is 19.3 Å². The first kappa shape index (κ1) is 16.4. The molecular weight excluding hydrogens is 273 g/mol. The van der Waals surface area contributed by atoms with E-state index < -0.39 is 6.10 Å². The third-order valence-electron chi connectivity index (χ3n) is 3.90. The predicted octanol–water partition coefficient (Wildman–Crippen LogP) is 1.64. The van der Waals surface area contributed by atoms with Crippen LogP contribution in [0.15, 0.2) is 18.2 Å². The first-order valence-corrected chi connectivity index (χ1v) is 7.42. The second kappa shape index (κ2) is 7.31. The average molecular weight is 297 g/mol. The molecule has 1 saturated heterocycles. The summed E-state index contributed by atoms with van der Waals surface area (Å²) >= 11 is 0. The van der Waals surface area contributed by atoms with Gasteiger partial charge >= 0.3 is 0 Å². The van der Waals surface area contributed by atoms with Gasteiger partial charge in [-0.2, -0.15) is 0 Å². The predicted molar refractivity (Wildman–Crippen MR) is 78.6 cm³/mol. The van der Waals surface area contributed by atoms with Gasteiger partial charge in [0.2, 0.25) is 0 Å². The van der Waals surface area contributed by atoms with Crippen LogP contribution in [-0.2, 0) is 4.74 Å². The molecule has 0 spiro atoms. The molecule has 3 atom stereocenters. The summed E-state index contributed by atoms with van der Waals surface area (Å²) in [6, 6.07) is 4.85. The molecule has 1 fully saturated rings. The second-order valence-electron chi connectivity index (χ2n) is 5.82. The topological polar surface area (TPSA) is 52.9 Å². The van der Waals surface area contributed by atoms with Crippen LogP contribution in [0.3, 0.4) is 0 Å². The molecule has 1 aliphatic heterocycles. The molecular formula is C16H24FNO3. The van der Waals surface area contributed by atoms with E-state index in [-0.39, 0.29) is 24.6 Å². The zero-order valence-electron chi connectivity index (χ0n) is 12.6. The lowest BCUT2D eigenvalue weighted by molar-refractivity contribution is -0.0967.